The van der Waals surface area contributed by atoms with Crippen LogP contribution in [0, 0.1) is 5.92 Å². The van der Waals surface area contributed by atoms with Gasteiger partial charge >= 0.3 is 0 Å². The molecule has 3 fully saturated rings. The summed E-state index contributed by atoms with van der Waals surface area (Å²) in [6.45, 7) is 3.35. The molecule has 2 nitrogen and oxygen atoms in total. The molecule has 1 aliphatic carbocycles. The van der Waals surface area contributed by atoms with Crippen LogP contribution >= 0.6 is 0 Å². The smallest absolute Gasteiger partial charge is 0.0649 e. The van der Waals surface area contributed by atoms with Crippen molar-refractivity contribution < 1.29 is 5.11 Å². The van der Waals surface area contributed by atoms with Crippen LogP contribution in [0.5, 0.6) is 0 Å². The minimum absolute atomic E-state index is 0.369. The van der Waals surface area contributed by atoms with E-state index < -0.39 is 0 Å². The van der Waals surface area contributed by atoms with Gasteiger partial charge in [0.1, 0.15) is 0 Å². The Bertz CT molecular complexity index is 218. The third-order valence-corrected chi connectivity index (χ3v) is 4.29. The first kappa shape index (κ1) is 9.17. The Morgan fingerprint density at radius 1 is 1.14 bits per heavy atom. The highest BCUT2D eigenvalue weighted by Crippen LogP contribution is 2.43. The molecule has 0 radical (unpaired) electrons. The highest BCUT2D eigenvalue weighted by molar-refractivity contribution is 5.01. The molecule has 3 aliphatic rings. The van der Waals surface area contributed by atoms with Crippen LogP contribution in [0.15, 0.2) is 0 Å². The Morgan fingerprint density at radius 2 is 1.71 bits per heavy atom. The lowest BCUT2D eigenvalue weighted by Crippen LogP contribution is -2.50. The zero-order valence-corrected chi connectivity index (χ0v) is 9.08. The van der Waals surface area contributed by atoms with Crippen LogP contribution in [0.4, 0.5) is 0 Å². The summed E-state index contributed by atoms with van der Waals surface area (Å²) < 4.78 is 0. The van der Waals surface area contributed by atoms with Crippen LogP contribution in [0.2, 0.25) is 0 Å². The van der Waals surface area contributed by atoms with Gasteiger partial charge in [-0.05, 0) is 51.4 Å². The molecule has 3 rings (SSSR count). The fourth-order valence-corrected chi connectivity index (χ4v) is 3.45. The van der Waals surface area contributed by atoms with Crippen LogP contribution < -0.4 is 0 Å². The Hall–Kier alpha value is -0.0800. The average Bonchev–Trinajstić information content (AvgIpc) is 2.83. The van der Waals surface area contributed by atoms with Crippen LogP contribution in [0.3, 0.4) is 0 Å². The molecule has 0 spiro atoms. The van der Waals surface area contributed by atoms with Gasteiger partial charge in [0.25, 0.3) is 0 Å². The molecule has 80 valence electrons. The first-order valence-corrected chi connectivity index (χ1v) is 6.12. The maximum absolute atomic E-state index is 10.1. The summed E-state index contributed by atoms with van der Waals surface area (Å²) in [5, 5.41) is 10.1. The van der Waals surface area contributed by atoms with E-state index in [0.717, 1.165) is 18.8 Å². The molecule has 2 atom stereocenters. The summed E-state index contributed by atoms with van der Waals surface area (Å²) in [5.74, 6) is 1.00. The maximum atomic E-state index is 10.1. The van der Waals surface area contributed by atoms with Crippen molar-refractivity contribution in [2.24, 2.45) is 5.92 Å². The standard InChI is InChI=1S/C12H21NO/c1-12(14)6-10-4-5-11(7-12)13(10)8-9-2-3-9/h9-11,14H,2-8H2,1H3/t10-,11-/m0/s1. The van der Waals surface area contributed by atoms with Crippen molar-refractivity contribution >= 4 is 0 Å². The van der Waals surface area contributed by atoms with E-state index in [-0.39, 0.29) is 5.60 Å². The second-order valence-electron chi connectivity index (χ2n) is 5.93. The molecule has 14 heavy (non-hydrogen) atoms. The highest BCUT2D eigenvalue weighted by Gasteiger charge is 2.46. The summed E-state index contributed by atoms with van der Waals surface area (Å²) in [4.78, 5) is 2.70. The van der Waals surface area contributed by atoms with Gasteiger partial charge in [-0.15, -0.1) is 0 Å². The predicted molar refractivity (Wildman–Crippen MR) is 56.1 cm³/mol. The molecule has 0 amide bonds. The summed E-state index contributed by atoms with van der Waals surface area (Å²) in [5.41, 5.74) is -0.369. The Morgan fingerprint density at radius 3 is 2.21 bits per heavy atom. The van der Waals surface area contributed by atoms with E-state index >= 15 is 0 Å². The fraction of sp³-hybridized carbons (Fsp3) is 1.00. The number of rotatable bonds is 2. The molecule has 2 heteroatoms. The van der Waals surface area contributed by atoms with Crippen molar-refractivity contribution in [3.05, 3.63) is 0 Å². The van der Waals surface area contributed by atoms with Gasteiger partial charge in [0.15, 0.2) is 0 Å². The molecule has 2 aliphatic heterocycles. The van der Waals surface area contributed by atoms with Crippen LogP contribution in [0.25, 0.3) is 0 Å². The number of aliphatic hydroxyl groups is 1. The summed E-state index contributed by atoms with van der Waals surface area (Å²) in [6.07, 6.45) is 7.58. The fourth-order valence-electron chi connectivity index (χ4n) is 3.45. The largest absolute Gasteiger partial charge is 0.390 e. The monoisotopic (exact) mass is 195 g/mol. The van der Waals surface area contributed by atoms with Crippen molar-refractivity contribution in [2.45, 2.75) is 63.1 Å². The van der Waals surface area contributed by atoms with Gasteiger partial charge in [-0.2, -0.15) is 0 Å². The third kappa shape index (κ3) is 1.59. The lowest BCUT2D eigenvalue weighted by atomic mass is 9.88. The van der Waals surface area contributed by atoms with Gasteiger partial charge < -0.3 is 5.11 Å². The van der Waals surface area contributed by atoms with Crippen molar-refractivity contribution in [1.82, 2.24) is 4.90 Å². The van der Waals surface area contributed by atoms with E-state index in [4.69, 9.17) is 0 Å². The van der Waals surface area contributed by atoms with E-state index in [2.05, 4.69) is 4.90 Å². The van der Waals surface area contributed by atoms with Crippen molar-refractivity contribution in [2.75, 3.05) is 6.54 Å². The SMILES string of the molecule is CC1(O)C[C@@H]2CC[C@@H](C1)N2CC1CC1. The summed E-state index contributed by atoms with van der Waals surface area (Å²) in [6, 6.07) is 1.40. The second kappa shape index (κ2) is 2.96. The number of fused-ring (bicyclic) bond motifs is 2. The van der Waals surface area contributed by atoms with Gasteiger partial charge in [0.2, 0.25) is 0 Å². The predicted octanol–water partition coefficient (Wildman–Crippen LogP) is 1.77. The van der Waals surface area contributed by atoms with Crippen molar-refractivity contribution in [1.29, 1.82) is 0 Å². The molecular formula is C12H21NO. The number of nitrogens with zero attached hydrogens (tertiary/aromatic N) is 1. The molecule has 1 N–H and O–H groups in total. The third-order valence-electron chi connectivity index (χ3n) is 4.29. The summed E-state index contributed by atoms with van der Waals surface area (Å²) >= 11 is 0. The van der Waals surface area contributed by atoms with Crippen molar-refractivity contribution in [3.8, 4) is 0 Å². The molecule has 0 aromatic carbocycles. The number of hydrogen-bond acceptors (Lipinski definition) is 2. The van der Waals surface area contributed by atoms with Gasteiger partial charge in [0, 0.05) is 18.6 Å². The van der Waals surface area contributed by atoms with Gasteiger partial charge in [-0.25, -0.2) is 0 Å². The maximum Gasteiger partial charge on any atom is 0.0649 e. The number of hydrogen-bond donors (Lipinski definition) is 1. The molecule has 2 heterocycles. The quantitative estimate of drug-likeness (QED) is 0.726. The van der Waals surface area contributed by atoms with E-state index in [1.165, 1.54) is 32.2 Å². The van der Waals surface area contributed by atoms with Gasteiger partial charge in [-0.1, -0.05) is 0 Å². The number of piperidine rings is 1. The summed E-state index contributed by atoms with van der Waals surface area (Å²) in [7, 11) is 0. The van der Waals surface area contributed by atoms with E-state index in [1.807, 2.05) is 6.92 Å². The highest BCUT2D eigenvalue weighted by atomic mass is 16.3. The lowest BCUT2D eigenvalue weighted by molar-refractivity contribution is -0.0396. The molecule has 0 aromatic rings. The normalized spacial score (nSPS) is 48.4. The van der Waals surface area contributed by atoms with E-state index in [0.29, 0.717) is 12.1 Å². The van der Waals surface area contributed by atoms with Crippen molar-refractivity contribution in [3.63, 3.8) is 0 Å². The minimum atomic E-state index is -0.369. The first-order valence-electron chi connectivity index (χ1n) is 6.12. The van der Waals surface area contributed by atoms with Crippen LogP contribution in [0.1, 0.15) is 45.4 Å². The average molecular weight is 195 g/mol. The topological polar surface area (TPSA) is 23.5 Å². The zero-order valence-electron chi connectivity index (χ0n) is 9.08. The van der Waals surface area contributed by atoms with Gasteiger partial charge in [0.05, 0.1) is 5.60 Å². The molecule has 1 saturated carbocycles. The zero-order chi connectivity index (χ0) is 9.76. The molecule has 2 saturated heterocycles. The lowest BCUT2D eigenvalue weighted by Gasteiger charge is -2.42. The van der Waals surface area contributed by atoms with Crippen LogP contribution in [-0.2, 0) is 0 Å². The first-order chi connectivity index (χ1) is 6.64. The van der Waals surface area contributed by atoms with Crippen LogP contribution in [-0.4, -0.2) is 34.2 Å². The van der Waals surface area contributed by atoms with Gasteiger partial charge in [-0.3, -0.25) is 4.90 Å². The van der Waals surface area contributed by atoms with E-state index in [9.17, 15) is 5.11 Å². The van der Waals surface area contributed by atoms with E-state index in [1.54, 1.807) is 0 Å². The second-order valence-corrected chi connectivity index (χ2v) is 5.93. The minimum Gasteiger partial charge on any atom is -0.390 e. The molecule has 2 bridgehead atoms. The molecule has 0 aromatic heterocycles. The molecule has 0 unspecified atom stereocenters. The Kier molecular flexibility index (Phi) is 1.94. The molecular weight excluding hydrogens is 174 g/mol. The Labute approximate surface area is 86.3 Å². The Balaban J connectivity index is 1.70.